The van der Waals surface area contributed by atoms with Crippen LogP contribution in [-0.2, 0) is 11.2 Å². The Balaban J connectivity index is 1.31. The second-order valence-electron chi connectivity index (χ2n) is 6.45. The Morgan fingerprint density at radius 2 is 1.79 bits per heavy atom. The van der Waals surface area contributed by atoms with Gasteiger partial charge in [-0.05, 0) is 37.1 Å². The number of hydrogen-bond acceptors (Lipinski definition) is 6. The van der Waals surface area contributed by atoms with Crippen LogP contribution in [-0.4, -0.2) is 21.8 Å². The lowest BCUT2D eigenvalue weighted by Gasteiger charge is -2.01. The van der Waals surface area contributed by atoms with Gasteiger partial charge in [-0.15, -0.1) is 11.3 Å². The Morgan fingerprint density at radius 1 is 0.966 bits per heavy atom. The van der Waals surface area contributed by atoms with E-state index in [2.05, 4.69) is 20.6 Å². The van der Waals surface area contributed by atoms with Gasteiger partial charge in [-0.2, -0.15) is 0 Å². The molecule has 2 N–H and O–H groups in total. The fraction of sp³-hybridized carbons (Fsp3) is 0.143. The SMILES string of the molecule is Cc1cccc2sc(NC(=O)CCc3csc(NC(=O)c4ccccc4)n3)nc12. The van der Waals surface area contributed by atoms with E-state index in [4.69, 9.17) is 0 Å². The number of para-hydroxylation sites is 1. The summed E-state index contributed by atoms with van der Waals surface area (Å²) in [5, 5.41) is 8.63. The summed E-state index contributed by atoms with van der Waals surface area (Å²) < 4.78 is 1.05. The van der Waals surface area contributed by atoms with Gasteiger partial charge in [-0.1, -0.05) is 41.7 Å². The number of fused-ring (bicyclic) bond motifs is 1. The van der Waals surface area contributed by atoms with Gasteiger partial charge in [-0.3, -0.25) is 14.9 Å². The molecule has 0 atom stereocenters. The zero-order valence-electron chi connectivity index (χ0n) is 15.6. The third kappa shape index (κ3) is 4.67. The van der Waals surface area contributed by atoms with Crippen LogP contribution in [0.3, 0.4) is 0 Å². The minimum atomic E-state index is -0.199. The molecule has 0 spiro atoms. The lowest BCUT2D eigenvalue weighted by Crippen LogP contribution is -2.13. The fourth-order valence-electron chi connectivity index (χ4n) is 2.80. The quantitative estimate of drug-likeness (QED) is 0.464. The van der Waals surface area contributed by atoms with E-state index < -0.39 is 0 Å². The first-order valence-electron chi connectivity index (χ1n) is 9.05. The van der Waals surface area contributed by atoms with Crippen LogP contribution in [0.5, 0.6) is 0 Å². The monoisotopic (exact) mass is 422 g/mol. The smallest absolute Gasteiger partial charge is 0.257 e. The molecule has 4 rings (SSSR count). The van der Waals surface area contributed by atoms with E-state index in [1.165, 1.54) is 22.7 Å². The maximum absolute atomic E-state index is 12.3. The van der Waals surface area contributed by atoms with Gasteiger partial charge >= 0.3 is 0 Å². The van der Waals surface area contributed by atoms with Gasteiger partial charge in [0, 0.05) is 17.4 Å². The first-order chi connectivity index (χ1) is 14.1. The lowest BCUT2D eigenvalue weighted by atomic mass is 10.2. The third-order valence-corrected chi connectivity index (χ3v) is 6.03. The average molecular weight is 423 g/mol. The molecule has 2 amide bonds. The zero-order chi connectivity index (χ0) is 20.2. The molecule has 4 aromatic rings. The van der Waals surface area contributed by atoms with Crippen LogP contribution in [0.2, 0.25) is 0 Å². The highest BCUT2D eigenvalue weighted by atomic mass is 32.1. The zero-order valence-corrected chi connectivity index (χ0v) is 17.3. The van der Waals surface area contributed by atoms with Gasteiger partial charge in [0.2, 0.25) is 5.91 Å². The Hall–Kier alpha value is -3.10. The van der Waals surface area contributed by atoms with E-state index in [1.807, 2.05) is 48.7 Å². The Bertz CT molecular complexity index is 1170. The topological polar surface area (TPSA) is 84.0 Å². The van der Waals surface area contributed by atoms with Crippen LogP contribution in [0.15, 0.2) is 53.9 Å². The van der Waals surface area contributed by atoms with Crippen molar-refractivity contribution in [2.24, 2.45) is 0 Å². The molecule has 2 aromatic carbocycles. The number of hydrogen-bond donors (Lipinski definition) is 2. The number of rotatable bonds is 6. The number of anilines is 2. The molecule has 0 saturated heterocycles. The van der Waals surface area contributed by atoms with E-state index in [1.54, 1.807) is 12.1 Å². The number of benzene rings is 2. The molecule has 0 aliphatic carbocycles. The van der Waals surface area contributed by atoms with Crippen molar-refractivity contribution in [1.29, 1.82) is 0 Å². The highest BCUT2D eigenvalue weighted by Gasteiger charge is 2.12. The first-order valence-corrected chi connectivity index (χ1v) is 10.7. The highest BCUT2D eigenvalue weighted by molar-refractivity contribution is 7.22. The largest absolute Gasteiger partial charge is 0.302 e. The third-order valence-electron chi connectivity index (χ3n) is 4.28. The van der Waals surface area contributed by atoms with E-state index in [-0.39, 0.29) is 11.8 Å². The van der Waals surface area contributed by atoms with Crippen molar-refractivity contribution in [2.45, 2.75) is 19.8 Å². The molecule has 0 bridgehead atoms. The number of nitrogens with zero attached hydrogens (tertiary/aromatic N) is 2. The molecular weight excluding hydrogens is 404 g/mol. The standard InChI is InChI=1S/C21H18N4O2S2/c1-13-6-5-9-16-18(13)24-21(29-16)23-17(26)11-10-15-12-28-20(22-15)25-19(27)14-7-3-2-4-8-14/h2-9,12H,10-11H2,1H3,(H,22,25,27)(H,23,24,26). The van der Waals surface area contributed by atoms with Crippen molar-refractivity contribution < 1.29 is 9.59 Å². The number of nitrogens with one attached hydrogen (secondary N) is 2. The number of carbonyl (C=O) groups is 2. The lowest BCUT2D eigenvalue weighted by molar-refractivity contribution is -0.116. The molecule has 0 saturated carbocycles. The minimum Gasteiger partial charge on any atom is -0.302 e. The number of thiazole rings is 2. The maximum atomic E-state index is 12.3. The summed E-state index contributed by atoms with van der Waals surface area (Å²) in [6.45, 7) is 2.00. The van der Waals surface area contributed by atoms with E-state index in [0.29, 0.717) is 28.7 Å². The van der Waals surface area contributed by atoms with Crippen molar-refractivity contribution in [3.05, 3.63) is 70.7 Å². The molecular formula is C21H18N4O2S2. The normalized spacial score (nSPS) is 10.8. The van der Waals surface area contributed by atoms with Crippen LogP contribution in [0, 0.1) is 6.92 Å². The summed E-state index contributed by atoms with van der Waals surface area (Å²) in [5.74, 6) is -0.306. The summed E-state index contributed by atoms with van der Waals surface area (Å²) in [5.41, 5.74) is 3.36. The molecule has 0 radical (unpaired) electrons. The molecule has 0 aliphatic rings. The van der Waals surface area contributed by atoms with Gasteiger partial charge in [0.15, 0.2) is 10.3 Å². The van der Waals surface area contributed by atoms with Gasteiger partial charge in [0.1, 0.15) is 0 Å². The van der Waals surface area contributed by atoms with Crippen LogP contribution in [0.4, 0.5) is 10.3 Å². The van der Waals surface area contributed by atoms with E-state index in [9.17, 15) is 9.59 Å². The van der Waals surface area contributed by atoms with Gasteiger partial charge in [0.25, 0.3) is 5.91 Å². The summed E-state index contributed by atoms with van der Waals surface area (Å²) in [7, 11) is 0. The van der Waals surface area contributed by atoms with Crippen molar-refractivity contribution >= 4 is 55.0 Å². The van der Waals surface area contributed by atoms with Gasteiger partial charge in [0.05, 0.1) is 15.9 Å². The first kappa shape index (κ1) is 19.2. The second-order valence-corrected chi connectivity index (χ2v) is 8.34. The molecule has 29 heavy (non-hydrogen) atoms. The summed E-state index contributed by atoms with van der Waals surface area (Å²) >= 11 is 2.81. The van der Waals surface area contributed by atoms with Crippen LogP contribution >= 0.6 is 22.7 Å². The maximum Gasteiger partial charge on any atom is 0.257 e. The summed E-state index contributed by atoms with van der Waals surface area (Å²) in [6, 6.07) is 15.0. The Kier molecular flexibility index (Phi) is 5.64. The number of amides is 2. The fourth-order valence-corrected chi connectivity index (χ4v) is 4.50. The minimum absolute atomic E-state index is 0.107. The van der Waals surface area contributed by atoms with Gasteiger partial charge < -0.3 is 5.32 Å². The predicted molar refractivity (Wildman–Crippen MR) is 118 cm³/mol. The molecule has 6 nitrogen and oxygen atoms in total. The molecule has 0 fully saturated rings. The molecule has 146 valence electrons. The highest BCUT2D eigenvalue weighted by Crippen LogP contribution is 2.28. The molecule has 2 heterocycles. The van der Waals surface area contributed by atoms with Gasteiger partial charge in [-0.25, -0.2) is 9.97 Å². The molecule has 0 unspecified atom stereocenters. The van der Waals surface area contributed by atoms with Crippen LogP contribution in [0.1, 0.15) is 28.0 Å². The molecule has 2 aromatic heterocycles. The Morgan fingerprint density at radius 3 is 2.59 bits per heavy atom. The molecule has 8 heteroatoms. The molecule has 0 aliphatic heterocycles. The summed E-state index contributed by atoms with van der Waals surface area (Å²) in [6.07, 6.45) is 0.790. The van der Waals surface area contributed by atoms with E-state index >= 15 is 0 Å². The van der Waals surface area contributed by atoms with Crippen molar-refractivity contribution in [3.8, 4) is 0 Å². The van der Waals surface area contributed by atoms with Crippen molar-refractivity contribution in [3.63, 3.8) is 0 Å². The van der Waals surface area contributed by atoms with Crippen molar-refractivity contribution in [2.75, 3.05) is 10.6 Å². The Labute approximate surface area is 175 Å². The summed E-state index contributed by atoms with van der Waals surface area (Å²) in [4.78, 5) is 33.3. The number of aromatic nitrogens is 2. The average Bonchev–Trinajstić information content (AvgIpc) is 3.34. The number of carbonyl (C=O) groups excluding carboxylic acids is 2. The number of aryl methyl sites for hydroxylation is 2. The van der Waals surface area contributed by atoms with Crippen molar-refractivity contribution in [1.82, 2.24) is 9.97 Å². The predicted octanol–water partition coefficient (Wildman–Crippen LogP) is 4.88. The van der Waals surface area contributed by atoms with E-state index in [0.717, 1.165) is 21.5 Å². The van der Waals surface area contributed by atoms with Crippen LogP contribution in [0.25, 0.3) is 10.2 Å². The second kappa shape index (κ2) is 8.50. The van der Waals surface area contributed by atoms with Crippen LogP contribution < -0.4 is 10.6 Å².